The van der Waals surface area contributed by atoms with E-state index in [4.69, 9.17) is 20.9 Å². The number of anilines is 1. The van der Waals surface area contributed by atoms with Gasteiger partial charge in [-0.05, 0) is 43.7 Å². The first-order chi connectivity index (χ1) is 9.69. The summed E-state index contributed by atoms with van der Waals surface area (Å²) in [6, 6.07) is 2.08. The number of aromatic nitrogens is 1. The third kappa shape index (κ3) is 2.38. The summed E-state index contributed by atoms with van der Waals surface area (Å²) >= 11 is 0. The number of fused-ring (bicyclic) bond motifs is 1. The molecular formula is C15H22N4O. The number of rotatable bonds is 3. The molecule has 1 aliphatic carbocycles. The van der Waals surface area contributed by atoms with Crippen LogP contribution < -0.4 is 10.6 Å². The van der Waals surface area contributed by atoms with Gasteiger partial charge in [-0.1, -0.05) is 0 Å². The fraction of sp³-hybridized carbons (Fsp3) is 0.600. The van der Waals surface area contributed by atoms with Crippen LogP contribution in [0, 0.1) is 5.41 Å². The zero-order valence-corrected chi connectivity index (χ0v) is 12.0. The highest BCUT2D eigenvalue weighted by Crippen LogP contribution is 2.29. The zero-order chi connectivity index (χ0) is 14.1. The summed E-state index contributed by atoms with van der Waals surface area (Å²) in [6.07, 6.45) is 5.78. The van der Waals surface area contributed by atoms with E-state index in [9.17, 15) is 0 Å². The topological polar surface area (TPSA) is 75.2 Å². The van der Waals surface area contributed by atoms with Gasteiger partial charge in [0.1, 0.15) is 11.7 Å². The molecule has 108 valence electrons. The predicted octanol–water partition coefficient (Wildman–Crippen LogP) is 1.47. The van der Waals surface area contributed by atoms with Gasteiger partial charge in [-0.2, -0.15) is 0 Å². The van der Waals surface area contributed by atoms with Gasteiger partial charge in [0.15, 0.2) is 0 Å². The molecule has 1 aromatic rings. The number of amidine groups is 1. The second-order valence-corrected chi connectivity index (χ2v) is 5.68. The van der Waals surface area contributed by atoms with Crippen LogP contribution in [0.15, 0.2) is 6.07 Å². The van der Waals surface area contributed by atoms with Gasteiger partial charge in [0.2, 0.25) is 0 Å². The predicted molar refractivity (Wildman–Crippen MR) is 79.5 cm³/mol. The third-order valence-corrected chi connectivity index (χ3v) is 4.35. The van der Waals surface area contributed by atoms with E-state index in [0.29, 0.717) is 0 Å². The summed E-state index contributed by atoms with van der Waals surface area (Å²) in [5.74, 6) is 0.986. The Hall–Kier alpha value is -1.62. The molecule has 0 amide bonds. The molecule has 3 rings (SSSR count). The standard InChI is InChI=1S/C15H22N4O/c1-20-11-6-7-19(9-11)15-12(14(16)17)8-10-4-2-3-5-13(10)18-15/h8,11H,2-7,9H2,1H3,(H3,16,17). The van der Waals surface area contributed by atoms with Gasteiger partial charge in [0.25, 0.3) is 0 Å². The van der Waals surface area contributed by atoms with Crippen LogP contribution in [-0.2, 0) is 17.6 Å². The maximum absolute atomic E-state index is 7.83. The summed E-state index contributed by atoms with van der Waals surface area (Å²) < 4.78 is 5.42. The molecule has 2 aliphatic rings. The number of ether oxygens (including phenoxy) is 1. The average molecular weight is 274 g/mol. The lowest BCUT2D eigenvalue weighted by molar-refractivity contribution is 0.121. The number of pyridine rings is 1. The lowest BCUT2D eigenvalue weighted by Crippen LogP contribution is -2.28. The monoisotopic (exact) mass is 274 g/mol. The molecule has 0 aromatic carbocycles. The first kappa shape index (κ1) is 13.4. The number of nitrogen functional groups attached to an aromatic ring is 1. The van der Waals surface area contributed by atoms with Crippen molar-refractivity contribution in [3.8, 4) is 0 Å². The first-order valence-corrected chi connectivity index (χ1v) is 7.34. The molecular weight excluding hydrogens is 252 g/mol. The van der Waals surface area contributed by atoms with Crippen molar-refractivity contribution in [2.24, 2.45) is 5.73 Å². The molecule has 2 heterocycles. The molecule has 0 bridgehead atoms. The van der Waals surface area contributed by atoms with E-state index in [1.165, 1.54) is 24.1 Å². The third-order valence-electron chi connectivity index (χ3n) is 4.35. The van der Waals surface area contributed by atoms with E-state index in [1.807, 2.05) is 0 Å². The smallest absolute Gasteiger partial charge is 0.139 e. The van der Waals surface area contributed by atoms with E-state index >= 15 is 0 Å². The Morgan fingerprint density at radius 1 is 1.45 bits per heavy atom. The molecule has 1 atom stereocenters. The van der Waals surface area contributed by atoms with Gasteiger partial charge >= 0.3 is 0 Å². The second kappa shape index (κ2) is 5.40. The van der Waals surface area contributed by atoms with Crippen LogP contribution in [0.5, 0.6) is 0 Å². The van der Waals surface area contributed by atoms with Gasteiger partial charge in [0, 0.05) is 25.9 Å². The Labute approximate surface area is 119 Å². The van der Waals surface area contributed by atoms with Crippen LogP contribution in [-0.4, -0.2) is 37.1 Å². The normalized spacial score (nSPS) is 21.9. The van der Waals surface area contributed by atoms with Crippen LogP contribution in [0.2, 0.25) is 0 Å². The van der Waals surface area contributed by atoms with E-state index < -0.39 is 0 Å². The van der Waals surface area contributed by atoms with E-state index in [2.05, 4.69) is 11.0 Å². The van der Waals surface area contributed by atoms with Gasteiger partial charge in [0.05, 0.1) is 11.7 Å². The number of nitrogens with zero attached hydrogens (tertiary/aromatic N) is 2. The minimum absolute atomic E-state index is 0.113. The summed E-state index contributed by atoms with van der Waals surface area (Å²) in [5.41, 5.74) is 9.01. The summed E-state index contributed by atoms with van der Waals surface area (Å²) in [7, 11) is 1.75. The van der Waals surface area contributed by atoms with Gasteiger partial charge in [-0.3, -0.25) is 5.41 Å². The summed E-state index contributed by atoms with van der Waals surface area (Å²) in [6.45, 7) is 1.76. The number of hydrogen-bond donors (Lipinski definition) is 2. The van der Waals surface area contributed by atoms with Crippen molar-refractivity contribution in [1.29, 1.82) is 5.41 Å². The van der Waals surface area contributed by atoms with Crippen LogP contribution in [0.4, 0.5) is 5.82 Å². The fourth-order valence-corrected chi connectivity index (χ4v) is 3.17. The van der Waals surface area contributed by atoms with Gasteiger partial charge < -0.3 is 15.4 Å². The first-order valence-electron chi connectivity index (χ1n) is 7.34. The molecule has 1 aromatic heterocycles. The number of nitrogens with two attached hydrogens (primary N) is 1. The molecule has 0 radical (unpaired) electrons. The lowest BCUT2D eigenvalue weighted by atomic mass is 9.94. The quantitative estimate of drug-likeness (QED) is 0.646. The second-order valence-electron chi connectivity index (χ2n) is 5.68. The highest BCUT2D eigenvalue weighted by molar-refractivity contribution is 6.00. The number of methoxy groups -OCH3 is 1. The van der Waals surface area contributed by atoms with Crippen molar-refractivity contribution in [2.45, 2.75) is 38.2 Å². The molecule has 0 saturated carbocycles. The Balaban J connectivity index is 1.98. The zero-order valence-electron chi connectivity index (χ0n) is 12.0. The van der Waals surface area contributed by atoms with E-state index in [0.717, 1.165) is 43.7 Å². The number of nitrogens with one attached hydrogen (secondary N) is 1. The number of aryl methyl sites for hydroxylation is 2. The molecule has 0 spiro atoms. The van der Waals surface area contributed by atoms with Crippen molar-refractivity contribution < 1.29 is 4.74 Å². The van der Waals surface area contributed by atoms with Crippen molar-refractivity contribution in [2.75, 3.05) is 25.1 Å². The maximum atomic E-state index is 7.83. The average Bonchev–Trinajstić information content (AvgIpc) is 2.94. The minimum atomic E-state index is 0.113. The molecule has 1 aliphatic heterocycles. The molecule has 5 heteroatoms. The molecule has 5 nitrogen and oxygen atoms in total. The van der Waals surface area contributed by atoms with Crippen LogP contribution in [0.3, 0.4) is 0 Å². The largest absolute Gasteiger partial charge is 0.384 e. The fourth-order valence-electron chi connectivity index (χ4n) is 3.17. The van der Waals surface area contributed by atoms with E-state index in [1.54, 1.807) is 7.11 Å². The molecule has 3 N–H and O–H groups in total. The molecule has 1 fully saturated rings. The van der Waals surface area contributed by atoms with Crippen molar-refractivity contribution in [3.63, 3.8) is 0 Å². The summed E-state index contributed by atoms with van der Waals surface area (Å²) in [5, 5.41) is 7.83. The van der Waals surface area contributed by atoms with Crippen molar-refractivity contribution in [3.05, 3.63) is 22.9 Å². The van der Waals surface area contributed by atoms with Crippen LogP contribution in [0.1, 0.15) is 36.1 Å². The van der Waals surface area contributed by atoms with E-state index in [-0.39, 0.29) is 11.9 Å². The van der Waals surface area contributed by atoms with Crippen LogP contribution >= 0.6 is 0 Å². The Bertz CT molecular complexity index is 529. The molecule has 1 unspecified atom stereocenters. The molecule has 20 heavy (non-hydrogen) atoms. The number of hydrogen-bond acceptors (Lipinski definition) is 4. The van der Waals surface area contributed by atoms with Crippen molar-refractivity contribution >= 4 is 11.7 Å². The Morgan fingerprint density at radius 3 is 2.95 bits per heavy atom. The summed E-state index contributed by atoms with van der Waals surface area (Å²) in [4.78, 5) is 7.04. The Kier molecular flexibility index (Phi) is 3.61. The Morgan fingerprint density at radius 2 is 2.25 bits per heavy atom. The molecule has 1 saturated heterocycles. The van der Waals surface area contributed by atoms with Crippen molar-refractivity contribution in [1.82, 2.24) is 4.98 Å². The van der Waals surface area contributed by atoms with Crippen LogP contribution in [0.25, 0.3) is 0 Å². The highest BCUT2D eigenvalue weighted by atomic mass is 16.5. The maximum Gasteiger partial charge on any atom is 0.139 e. The van der Waals surface area contributed by atoms with Gasteiger partial charge in [-0.25, -0.2) is 4.98 Å². The highest BCUT2D eigenvalue weighted by Gasteiger charge is 2.27. The minimum Gasteiger partial charge on any atom is -0.384 e. The van der Waals surface area contributed by atoms with Gasteiger partial charge in [-0.15, -0.1) is 0 Å². The lowest BCUT2D eigenvalue weighted by Gasteiger charge is -2.24. The SMILES string of the molecule is COC1CCN(c2nc3c(cc2C(=N)N)CCCC3)C1.